The van der Waals surface area contributed by atoms with Gasteiger partial charge < -0.3 is 14.2 Å². The van der Waals surface area contributed by atoms with Crippen molar-refractivity contribution in [3.63, 3.8) is 0 Å². The van der Waals surface area contributed by atoms with Crippen LogP contribution in [0.25, 0.3) is 5.57 Å². The minimum atomic E-state index is 0.0479. The number of carbonyl (C=O) groups is 1. The molecule has 5 aromatic rings. The molecule has 214 valence electrons. The van der Waals surface area contributed by atoms with Crippen molar-refractivity contribution in [2.24, 2.45) is 0 Å². The predicted molar refractivity (Wildman–Crippen MR) is 170 cm³/mol. The highest BCUT2D eigenvalue weighted by atomic mass is 16.5. The molecule has 0 atom stereocenters. The molecule has 0 N–H and O–H groups in total. The Morgan fingerprint density at radius 3 is 1.63 bits per heavy atom. The molecular weight excluding hydrogens is 532 g/mol. The lowest BCUT2D eigenvalue weighted by atomic mass is 9.95. The Kier molecular flexibility index (Phi) is 8.95. The SMILES string of the molecule is O=C(C1=C(c2cc(OCc3ccccc3)ccc2OCc2ccccc2)CCC1)c1ccc(OCc2ccccc2)cc1. The average Bonchev–Trinajstić information content (AvgIpc) is 3.57. The van der Waals surface area contributed by atoms with Crippen molar-refractivity contribution in [3.05, 3.63) is 167 Å². The zero-order chi connectivity index (χ0) is 29.3. The Morgan fingerprint density at radius 1 is 0.535 bits per heavy atom. The van der Waals surface area contributed by atoms with Crippen LogP contribution in [-0.2, 0) is 19.8 Å². The van der Waals surface area contributed by atoms with Crippen molar-refractivity contribution < 1.29 is 19.0 Å². The minimum Gasteiger partial charge on any atom is -0.489 e. The van der Waals surface area contributed by atoms with Gasteiger partial charge in [0.1, 0.15) is 37.1 Å². The van der Waals surface area contributed by atoms with Gasteiger partial charge in [-0.25, -0.2) is 0 Å². The van der Waals surface area contributed by atoms with E-state index < -0.39 is 0 Å². The molecule has 0 saturated heterocycles. The van der Waals surface area contributed by atoms with Crippen molar-refractivity contribution in [2.75, 3.05) is 0 Å². The van der Waals surface area contributed by atoms with Crippen LogP contribution >= 0.6 is 0 Å². The summed E-state index contributed by atoms with van der Waals surface area (Å²) in [5.74, 6) is 2.28. The van der Waals surface area contributed by atoms with E-state index >= 15 is 0 Å². The van der Waals surface area contributed by atoms with Gasteiger partial charge in [-0.2, -0.15) is 0 Å². The first-order chi connectivity index (χ1) is 21.2. The van der Waals surface area contributed by atoms with Gasteiger partial charge in [-0.15, -0.1) is 0 Å². The molecule has 0 saturated carbocycles. The second-order valence-corrected chi connectivity index (χ2v) is 10.6. The number of hydrogen-bond acceptors (Lipinski definition) is 4. The zero-order valence-corrected chi connectivity index (χ0v) is 24.1. The van der Waals surface area contributed by atoms with E-state index in [1.165, 1.54) is 0 Å². The summed E-state index contributed by atoms with van der Waals surface area (Å²) in [5, 5.41) is 0. The molecular formula is C39H34O4. The van der Waals surface area contributed by atoms with E-state index in [1.807, 2.05) is 133 Å². The van der Waals surface area contributed by atoms with E-state index in [1.54, 1.807) is 0 Å². The molecule has 4 heteroatoms. The fourth-order valence-corrected chi connectivity index (χ4v) is 5.35. The molecule has 0 amide bonds. The highest BCUT2D eigenvalue weighted by molar-refractivity contribution is 6.14. The maximum absolute atomic E-state index is 13.8. The second kappa shape index (κ2) is 13.7. The molecule has 4 nitrogen and oxygen atoms in total. The molecule has 43 heavy (non-hydrogen) atoms. The van der Waals surface area contributed by atoms with Gasteiger partial charge in [-0.3, -0.25) is 4.79 Å². The number of ether oxygens (including phenoxy) is 3. The number of hydrogen-bond donors (Lipinski definition) is 0. The van der Waals surface area contributed by atoms with Crippen LogP contribution in [0.15, 0.2) is 139 Å². The monoisotopic (exact) mass is 566 g/mol. The van der Waals surface area contributed by atoms with Crippen LogP contribution < -0.4 is 14.2 Å². The number of Topliss-reactive ketones (excluding diaryl/α,β-unsaturated/α-hetero) is 1. The average molecular weight is 567 g/mol. The molecule has 0 aromatic heterocycles. The lowest BCUT2D eigenvalue weighted by molar-refractivity contribution is 0.103. The van der Waals surface area contributed by atoms with Crippen LogP contribution in [-0.4, -0.2) is 5.78 Å². The van der Waals surface area contributed by atoms with Crippen molar-refractivity contribution in [1.29, 1.82) is 0 Å². The minimum absolute atomic E-state index is 0.0479. The molecule has 1 aliphatic carbocycles. The van der Waals surface area contributed by atoms with E-state index in [0.29, 0.717) is 25.4 Å². The summed E-state index contributed by atoms with van der Waals surface area (Å²) < 4.78 is 18.5. The third kappa shape index (κ3) is 7.22. The Morgan fingerprint density at radius 2 is 1.05 bits per heavy atom. The first-order valence-electron chi connectivity index (χ1n) is 14.7. The van der Waals surface area contributed by atoms with Crippen LogP contribution in [0.5, 0.6) is 17.2 Å². The van der Waals surface area contributed by atoms with Gasteiger partial charge in [0.15, 0.2) is 5.78 Å². The van der Waals surface area contributed by atoms with Gasteiger partial charge in [0.05, 0.1) is 0 Å². The van der Waals surface area contributed by atoms with Crippen molar-refractivity contribution in [1.82, 2.24) is 0 Å². The first kappa shape index (κ1) is 28.0. The van der Waals surface area contributed by atoms with E-state index in [4.69, 9.17) is 14.2 Å². The molecule has 0 aliphatic heterocycles. The smallest absolute Gasteiger partial charge is 0.189 e. The normalized spacial score (nSPS) is 12.7. The Bertz CT molecular complexity index is 1670. The predicted octanol–water partition coefficient (Wildman–Crippen LogP) is 9.24. The molecule has 0 unspecified atom stereocenters. The van der Waals surface area contributed by atoms with Gasteiger partial charge in [0.25, 0.3) is 0 Å². The second-order valence-electron chi connectivity index (χ2n) is 10.6. The maximum Gasteiger partial charge on any atom is 0.189 e. The Labute approximate surface area is 253 Å². The largest absolute Gasteiger partial charge is 0.489 e. The number of rotatable bonds is 12. The molecule has 6 rings (SSSR count). The molecule has 0 fully saturated rings. The van der Waals surface area contributed by atoms with Crippen molar-refractivity contribution >= 4 is 11.4 Å². The number of benzene rings is 5. The fourth-order valence-electron chi connectivity index (χ4n) is 5.35. The third-order valence-corrected chi connectivity index (χ3v) is 7.62. The molecule has 0 heterocycles. The molecule has 0 spiro atoms. The number of ketones is 1. The molecule has 0 radical (unpaired) electrons. The highest BCUT2D eigenvalue weighted by Crippen LogP contribution is 2.41. The van der Waals surface area contributed by atoms with Crippen molar-refractivity contribution in [3.8, 4) is 17.2 Å². The third-order valence-electron chi connectivity index (χ3n) is 7.62. The summed E-state index contributed by atoms with van der Waals surface area (Å²) in [6.45, 7) is 1.39. The quantitative estimate of drug-likeness (QED) is 0.141. The standard InChI is InChI=1S/C39H34O4/c40-39(32-19-21-33(22-20-32)41-26-29-11-4-1-5-12-29)36-18-10-17-35(36)37-25-34(42-27-30-13-6-2-7-14-30)23-24-38(37)43-28-31-15-8-3-9-16-31/h1-9,11-16,19-25H,10,17-18,26-28H2. The zero-order valence-electron chi connectivity index (χ0n) is 24.1. The summed E-state index contributed by atoms with van der Waals surface area (Å²) in [6.07, 6.45) is 2.46. The summed E-state index contributed by atoms with van der Waals surface area (Å²) in [4.78, 5) is 13.8. The summed E-state index contributed by atoms with van der Waals surface area (Å²) >= 11 is 0. The number of carbonyl (C=O) groups excluding carboxylic acids is 1. The molecule has 5 aromatic carbocycles. The lowest BCUT2D eigenvalue weighted by Crippen LogP contribution is -2.05. The first-order valence-corrected chi connectivity index (χ1v) is 14.7. The summed E-state index contributed by atoms with van der Waals surface area (Å²) in [7, 11) is 0. The van der Waals surface area contributed by atoms with Crippen LogP contribution in [0.1, 0.15) is 51.9 Å². The van der Waals surface area contributed by atoms with Crippen LogP contribution in [0.4, 0.5) is 0 Å². The van der Waals surface area contributed by atoms with E-state index in [2.05, 4.69) is 0 Å². The van der Waals surface area contributed by atoms with Crippen LogP contribution in [0.3, 0.4) is 0 Å². The highest BCUT2D eigenvalue weighted by Gasteiger charge is 2.25. The van der Waals surface area contributed by atoms with Gasteiger partial charge in [-0.05, 0) is 84.0 Å². The van der Waals surface area contributed by atoms with Gasteiger partial charge in [0, 0.05) is 16.7 Å². The van der Waals surface area contributed by atoms with Gasteiger partial charge in [-0.1, -0.05) is 91.0 Å². The van der Waals surface area contributed by atoms with Gasteiger partial charge in [0.2, 0.25) is 0 Å². The Balaban J connectivity index is 1.25. The van der Waals surface area contributed by atoms with E-state index in [0.717, 1.165) is 69.9 Å². The summed E-state index contributed by atoms with van der Waals surface area (Å²) in [6, 6.07) is 43.7. The van der Waals surface area contributed by atoms with Crippen molar-refractivity contribution in [2.45, 2.75) is 39.1 Å². The fraction of sp³-hybridized carbons (Fsp3) is 0.154. The van der Waals surface area contributed by atoms with E-state index in [-0.39, 0.29) is 5.78 Å². The topological polar surface area (TPSA) is 44.8 Å². The lowest BCUT2D eigenvalue weighted by Gasteiger charge is -2.16. The number of allylic oxidation sites excluding steroid dienone is 2. The van der Waals surface area contributed by atoms with Crippen LogP contribution in [0.2, 0.25) is 0 Å². The van der Waals surface area contributed by atoms with Gasteiger partial charge >= 0.3 is 0 Å². The maximum atomic E-state index is 13.8. The molecule has 1 aliphatic rings. The molecule has 0 bridgehead atoms. The van der Waals surface area contributed by atoms with Crippen LogP contribution in [0, 0.1) is 0 Å². The van der Waals surface area contributed by atoms with E-state index in [9.17, 15) is 4.79 Å². The summed E-state index contributed by atoms with van der Waals surface area (Å²) in [5.41, 5.74) is 6.73. The Hall–Kier alpha value is -5.09.